The number of nitrogens with one attached hydrogen (secondary N) is 2. The maximum Gasteiger partial charge on any atom is 0.148 e. The number of hydrazine groups is 1. The molecule has 1 unspecified atom stereocenters. The Morgan fingerprint density at radius 1 is 1.33 bits per heavy atom. The maximum atomic E-state index is 5.43. The van der Waals surface area contributed by atoms with E-state index in [0.717, 1.165) is 11.4 Å². The van der Waals surface area contributed by atoms with Crippen molar-refractivity contribution in [1.82, 2.24) is 9.97 Å². The van der Waals surface area contributed by atoms with E-state index in [1.807, 2.05) is 6.92 Å². The van der Waals surface area contributed by atoms with Crippen molar-refractivity contribution < 1.29 is 0 Å². The molecule has 1 aliphatic rings. The fourth-order valence-corrected chi connectivity index (χ4v) is 2.76. The van der Waals surface area contributed by atoms with Gasteiger partial charge in [0.15, 0.2) is 0 Å². The summed E-state index contributed by atoms with van der Waals surface area (Å²) in [5, 5.41) is 3.53. The van der Waals surface area contributed by atoms with E-state index in [1.165, 1.54) is 25.7 Å². The Morgan fingerprint density at radius 2 is 2.06 bits per heavy atom. The second-order valence-corrected chi connectivity index (χ2v) is 5.94. The number of nitrogen functional groups attached to an aromatic ring is 1. The van der Waals surface area contributed by atoms with Crippen molar-refractivity contribution in [2.45, 2.75) is 52.5 Å². The highest BCUT2D eigenvalue weighted by Crippen LogP contribution is 2.36. The van der Waals surface area contributed by atoms with E-state index in [4.69, 9.17) is 5.84 Å². The molecule has 0 bridgehead atoms. The van der Waals surface area contributed by atoms with Crippen LogP contribution in [0.15, 0.2) is 6.33 Å². The number of nitrogens with two attached hydrogens (primary N) is 1. The molecular weight excluding hydrogens is 226 g/mol. The van der Waals surface area contributed by atoms with Crippen LogP contribution in [0, 0.1) is 12.3 Å². The summed E-state index contributed by atoms with van der Waals surface area (Å²) in [6, 6.07) is 0.493. The molecule has 1 atom stereocenters. The Kier molecular flexibility index (Phi) is 3.71. The molecular formula is C13H23N5. The van der Waals surface area contributed by atoms with Gasteiger partial charge in [-0.3, -0.25) is 0 Å². The molecule has 2 rings (SSSR count). The van der Waals surface area contributed by atoms with E-state index >= 15 is 0 Å². The molecule has 1 aliphatic carbocycles. The van der Waals surface area contributed by atoms with Gasteiger partial charge in [-0.05, 0) is 31.6 Å². The zero-order valence-electron chi connectivity index (χ0n) is 11.5. The highest BCUT2D eigenvalue weighted by Gasteiger charge is 2.28. The highest BCUT2D eigenvalue weighted by molar-refractivity contribution is 5.56. The van der Waals surface area contributed by atoms with Crippen LogP contribution in [0.3, 0.4) is 0 Å². The summed E-state index contributed by atoms with van der Waals surface area (Å²) in [5.41, 5.74) is 4.00. The van der Waals surface area contributed by atoms with Gasteiger partial charge in [0, 0.05) is 11.6 Å². The average molecular weight is 249 g/mol. The van der Waals surface area contributed by atoms with Gasteiger partial charge >= 0.3 is 0 Å². The van der Waals surface area contributed by atoms with Gasteiger partial charge in [-0.15, -0.1) is 0 Å². The molecule has 0 saturated heterocycles. The zero-order valence-corrected chi connectivity index (χ0v) is 11.5. The van der Waals surface area contributed by atoms with Gasteiger partial charge in [-0.25, -0.2) is 15.8 Å². The fourth-order valence-electron chi connectivity index (χ4n) is 2.76. The van der Waals surface area contributed by atoms with Crippen molar-refractivity contribution in [3.05, 3.63) is 11.9 Å². The Hall–Kier alpha value is -1.36. The van der Waals surface area contributed by atoms with Crippen molar-refractivity contribution in [3.8, 4) is 0 Å². The molecule has 1 aromatic heterocycles. The second kappa shape index (κ2) is 5.10. The Labute approximate surface area is 109 Å². The number of rotatable bonds is 3. The second-order valence-electron chi connectivity index (χ2n) is 5.94. The summed E-state index contributed by atoms with van der Waals surface area (Å²) in [4.78, 5) is 8.40. The predicted molar refractivity (Wildman–Crippen MR) is 74.2 cm³/mol. The molecule has 0 aliphatic heterocycles. The molecule has 1 fully saturated rings. The molecule has 100 valence electrons. The van der Waals surface area contributed by atoms with E-state index in [1.54, 1.807) is 6.33 Å². The first kappa shape index (κ1) is 13.1. The van der Waals surface area contributed by atoms with Gasteiger partial charge in [0.2, 0.25) is 0 Å². The molecule has 18 heavy (non-hydrogen) atoms. The van der Waals surface area contributed by atoms with E-state index < -0.39 is 0 Å². The molecule has 1 heterocycles. The van der Waals surface area contributed by atoms with Crippen LogP contribution in [-0.2, 0) is 0 Å². The van der Waals surface area contributed by atoms with Crippen molar-refractivity contribution >= 4 is 11.6 Å². The lowest BCUT2D eigenvalue weighted by Crippen LogP contribution is -2.32. The van der Waals surface area contributed by atoms with Crippen molar-refractivity contribution in [3.63, 3.8) is 0 Å². The number of anilines is 2. The first-order valence-electron chi connectivity index (χ1n) is 6.56. The van der Waals surface area contributed by atoms with E-state index in [-0.39, 0.29) is 0 Å². The summed E-state index contributed by atoms with van der Waals surface area (Å²) in [6.45, 7) is 6.65. The summed E-state index contributed by atoms with van der Waals surface area (Å²) in [5.74, 6) is 7.00. The fraction of sp³-hybridized carbons (Fsp3) is 0.692. The first-order valence-corrected chi connectivity index (χ1v) is 6.56. The number of hydrogen-bond acceptors (Lipinski definition) is 5. The summed E-state index contributed by atoms with van der Waals surface area (Å²) in [7, 11) is 0. The Bertz CT molecular complexity index is 416. The van der Waals surface area contributed by atoms with Gasteiger partial charge < -0.3 is 10.7 Å². The standard InChI is InChI=1S/C13H23N5/c1-9-11(15-8-16-12(9)18-14)17-10-5-4-6-13(2,3)7-10/h8,10H,4-7,14H2,1-3H3,(H2,15,16,17,18). The number of hydrogen-bond donors (Lipinski definition) is 3. The molecule has 5 heteroatoms. The van der Waals surface area contributed by atoms with Crippen LogP contribution >= 0.6 is 0 Å². The highest BCUT2D eigenvalue weighted by atomic mass is 15.3. The van der Waals surface area contributed by atoms with Crippen molar-refractivity contribution in [2.24, 2.45) is 11.3 Å². The minimum atomic E-state index is 0.422. The number of nitrogens with zero attached hydrogens (tertiary/aromatic N) is 2. The van der Waals surface area contributed by atoms with Gasteiger partial charge in [0.05, 0.1) is 0 Å². The lowest BCUT2D eigenvalue weighted by molar-refractivity contribution is 0.229. The first-order chi connectivity index (χ1) is 8.52. The third-order valence-corrected chi connectivity index (χ3v) is 3.77. The molecule has 4 N–H and O–H groups in total. The maximum absolute atomic E-state index is 5.43. The van der Waals surface area contributed by atoms with Crippen molar-refractivity contribution in [2.75, 3.05) is 10.7 Å². The van der Waals surface area contributed by atoms with Gasteiger partial charge in [0.1, 0.15) is 18.0 Å². The Balaban J connectivity index is 2.09. The summed E-state index contributed by atoms with van der Waals surface area (Å²) >= 11 is 0. The zero-order chi connectivity index (χ0) is 13.2. The van der Waals surface area contributed by atoms with Crippen LogP contribution in [0.4, 0.5) is 11.6 Å². The van der Waals surface area contributed by atoms with Gasteiger partial charge in [-0.2, -0.15) is 0 Å². The van der Waals surface area contributed by atoms with Gasteiger partial charge in [0.25, 0.3) is 0 Å². The lowest BCUT2D eigenvalue weighted by Gasteiger charge is -2.36. The normalized spacial score (nSPS) is 22.6. The van der Waals surface area contributed by atoms with E-state index in [0.29, 0.717) is 17.3 Å². The van der Waals surface area contributed by atoms with Gasteiger partial charge in [-0.1, -0.05) is 20.3 Å². The van der Waals surface area contributed by atoms with Crippen LogP contribution in [0.25, 0.3) is 0 Å². The molecule has 0 amide bonds. The topological polar surface area (TPSA) is 75.9 Å². The largest absolute Gasteiger partial charge is 0.367 e. The Morgan fingerprint density at radius 3 is 2.72 bits per heavy atom. The smallest absolute Gasteiger partial charge is 0.148 e. The minimum Gasteiger partial charge on any atom is -0.367 e. The van der Waals surface area contributed by atoms with Crippen LogP contribution < -0.4 is 16.6 Å². The molecule has 0 radical (unpaired) electrons. The predicted octanol–water partition coefficient (Wildman–Crippen LogP) is 2.45. The molecule has 0 spiro atoms. The number of aromatic nitrogens is 2. The third kappa shape index (κ3) is 2.90. The van der Waals surface area contributed by atoms with Crippen LogP contribution in [-0.4, -0.2) is 16.0 Å². The summed E-state index contributed by atoms with van der Waals surface area (Å²) < 4.78 is 0. The molecule has 1 aromatic rings. The quantitative estimate of drug-likeness (QED) is 0.566. The average Bonchev–Trinajstić information content (AvgIpc) is 2.31. The van der Waals surface area contributed by atoms with Crippen molar-refractivity contribution in [1.29, 1.82) is 0 Å². The van der Waals surface area contributed by atoms with E-state index in [2.05, 4.69) is 34.6 Å². The van der Waals surface area contributed by atoms with Crippen LogP contribution in [0.2, 0.25) is 0 Å². The monoisotopic (exact) mass is 249 g/mol. The van der Waals surface area contributed by atoms with E-state index in [9.17, 15) is 0 Å². The SMILES string of the molecule is Cc1c(NN)ncnc1NC1CCCC(C)(C)C1. The molecule has 0 aromatic carbocycles. The minimum absolute atomic E-state index is 0.422. The van der Waals surface area contributed by atoms with Crippen LogP contribution in [0.1, 0.15) is 45.1 Å². The lowest BCUT2D eigenvalue weighted by atomic mass is 9.75. The summed E-state index contributed by atoms with van der Waals surface area (Å²) in [6.07, 6.45) is 6.51. The molecule has 1 saturated carbocycles. The van der Waals surface area contributed by atoms with Crippen LogP contribution in [0.5, 0.6) is 0 Å². The molecule has 5 nitrogen and oxygen atoms in total. The third-order valence-electron chi connectivity index (χ3n) is 3.77.